The molecule has 0 spiro atoms. The summed E-state index contributed by atoms with van der Waals surface area (Å²) in [5.74, 6) is 0.247. The molecule has 176 valence electrons. The van der Waals surface area contributed by atoms with Crippen molar-refractivity contribution in [3.8, 4) is 0 Å². The van der Waals surface area contributed by atoms with E-state index in [1.165, 1.54) is 7.11 Å². The van der Waals surface area contributed by atoms with Crippen LogP contribution in [0.3, 0.4) is 0 Å². The summed E-state index contributed by atoms with van der Waals surface area (Å²) in [6, 6.07) is 19.2. The monoisotopic (exact) mass is 478 g/mol. The lowest BCUT2D eigenvalue weighted by molar-refractivity contribution is -0.142. The van der Waals surface area contributed by atoms with Crippen LogP contribution in [0.2, 0.25) is 0 Å². The van der Waals surface area contributed by atoms with Crippen molar-refractivity contribution in [2.24, 2.45) is 5.92 Å². The molecule has 0 fully saturated rings. The number of para-hydroxylation sites is 1. The van der Waals surface area contributed by atoms with Gasteiger partial charge in [-0.25, -0.2) is 27.9 Å². The second-order valence-electron chi connectivity index (χ2n) is 8.20. The fourth-order valence-corrected chi connectivity index (χ4v) is 4.96. The van der Waals surface area contributed by atoms with Crippen molar-refractivity contribution in [1.29, 1.82) is 0 Å². The summed E-state index contributed by atoms with van der Waals surface area (Å²) in [5.41, 5.74) is 0.631. The molecule has 0 saturated heterocycles. The molecule has 4 rings (SSSR count). The summed E-state index contributed by atoms with van der Waals surface area (Å²) < 4.78 is 33.8. The second kappa shape index (κ2) is 9.74. The molecule has 3 aromatic carbocycles. The van der Waals surface area contributed by atoms with Gasteiger partial charge < -0.3 is 10.1 Å². The summed E-state index contributed by atoms with van der Waals surface area (Å²) in [6.07, 6.45) is 0. The molecule has 0 radical (unpaired) electrons. The normalized spacial score (nSPS) is 12.7. The van der Waals surface area contributed by atoms with Gasteiger partial charge in [0.05, 0.1) is 24.1 Å². The third-order valence-corrected chi connectivity index (χ3v) is 6.98. The number of ether oxygens (including phenoxy) is 1. The Morgan fingerprint density at radius 3 is 2.35 bits per heavy atom. The summed E-state index contributed by atoms with van der Waals surface area (Å²) >= 11 is 0. The maximum absolute atomic E-state index is 13.1. The van der Waals surface area contributed by atoms with Crippen LogP contribution in [0.15, 0.2) is 71.6 Å². The van der Waals surface area contributed by atoms with Crippen LogP contribution in [0.4, 0.5) is 5.82 Å². The standard InChI is InChI=1S/C25H26N4O4S/c1-16(2)23(25(30)33-3)29-24-19-12-6-7-13-20(19)27-22(28-24)15-26-34(31,32)21-14-8-10-17-9-4-5-11-18(17)21/h4-14,16,23,26H,15H2,1-3H3,(H,27,28,29)/t23-/m0/s1. The number of aromatic nitrogens is 2. The van der Waals surface area contributed by atoms with Gasteiger partial charge >= 0.3 is 5.97 Å². The Kier molecular flexibility index (Phi) is 6.76. The number of carbonyl (C=O) groups is 1. The highest BCUT2D eigenvalue weighted by Crippen LogP contribution is 2.24. The van der Waals surface area contributed by atoms with Gasteiger partial charge in [0.15, 0.2) is 0 Å². The first-order valence-electron chi connectivity index (χ1n) is 10.9. The Bertz CT molecular complexity index is 1450. The average Bonchev–Trinajstić information content (AvgIpc) is 2.85. The molecule has 34 heavy (non-hydrogen) atoms. The van der Waals surface area contributed by atoms with Crippen LogP contribution in [-0.2, 0) is 26.1 Å². The second-order valence-corrected chi connectivity index (χ2v) is 9.93. The predicted molar refractivity (Wildman–Crippen MR) is 132 cm³/mol. The number of carbonyl (C=O) groups excluding carboxylic acids is 1. The van der Waals surface area contributed by atoms with Crippen LogP contribution in [0.25, 0.3) is 21.7 Å². The molecule has 8 nitrogen and oxygen atoms in total. The lowest BCUT2D eigenvalue weighted by atomic mass is 10.0. The number of fused-ring (bicyclic) bond motifs is 2. The average molecular weight is 479 g/mol. The first kappa shape index (κ1) is 23.6. The van der Waals surface area contributed by atoms with Crippen molar-refractivity contribution in [2.75, 3.05) is 12.4 Å². The van der Waals surface area contributed by atoms with E-state index >= 15 is 0 Å². The molecule has 4 aromatic rings. The molecular weight excluding hydrogens is 452 g/mol. The van der Waals surface area contributed by atoms with Gasteiger partial charge in [-0.3, -0.25) is 0 Å². The Morgan fingerprint density at radius 2 is 1.62 bits per heavy atom. The number of sulfonamides is 1. The van der Waals surface area contributed by atoms with E-state index in [-0.39, 0.29) is 23.2 Å². The lowest BCUT2D eigenvalue weighted by Crippen LogP contribution is -2.36. The largest absolute Gasteiger partial charge is 0.467 e. The van der Waals surface area contributed by atoms with Gasteiger partial charge in [0.2, 0.25) is 10.0 Å². The van der Waals surface area contributed by atoms with Gasteiger partial charge in [-0.1, -0.05) is 62.4 Å². The third-order valence-electron chi connectivity index (χ3n) is 5.52. The van der Waals surface area contributed by atoms with E-state index in [1.54, 1.807) is 24.3 Å². The fraction of sp³-hybridized carbons (Fsp3) is 0.240. The Balaban J connectivity index is 1.66. The first-order valence-corrected chi connectivity index (χ1v) is 12.4. The summed E-state index contributed by atoms with van der Waals surface area (Å²) in [6.45, 7) is 3.68. The highest BCUT2D eigenvalue weighted by molar-refractivity contribution is 7.89. The Labute approximate surface area is 198 Å². The SMILES string of the molecule is COC(=O)[C@@H](Nc1nc(CNS(=O)(=O)c2cccc3ccccc23)nc2ccccc12)C(C)C. The van der Waals surface area contributed by atoms with Crippen LogP contribution < -0.4 is 10.0 Å². The Morgan fingerprint density at radius 1 is 0.941 bits per heavy atom. The van der Waals surface area contributed by atoms with Gasteiger partial charge in [-0.05, 0) is 29.5 Å². The number of rotatable bonds is 8. The number of benzene rings is 3. The minimum absolute atomic E-state index is 0.0607. The van der Waals surface area contributed by atoms with E-state index in [2.05, 4.69) is 20.0 Å². The number of nitrogens with one attached hydrogen (secondary N) is 2. The summed E-state index contributed by atoms with van der Waals surface area (Å²) in [5, 5.41) is 5.35. The van der Waals surface area contributed by atoms with E-state index in [0.29, 0.717) is 16.7 Å². The maximum atomic E-state index is 13.1. The van der Waals surface area contributed by atoms with Crippen molar-refractivity contribution in [2.45, 2.75) is 31.3 Å². The van der Waals surface area contributed by atoms with Crippen molar-refractivity contribution in [3.05, 3.63) is 72.6 Å². The maximum Gasteiger partial charge on any atom is 0.328 e. The molecule has 0 saturated carbocycles. The van der Waals surface area contributed by atoms with Gasteiger partial charge in [0.25, 0.3) is 0 Å². The zero-order valence-electron chi connectivity index (χ0n) is 19.1. The zero-order chi connectivity index (χ0) is 24.3. The van der Waals surface area contributed by atoms with Crippen molar-refractivity contribution < 1.29 is 17.9 Å². The molecule has 0 aliphatic rings. The molecule has 0 bridgehead atoms. The minimum Gasteiger partial charge on any atom is -0.467 e. The smallest absolute Gasteiger partial charge is 0.328 e. The van der Waals surface area contributed by atoms with Crippen LogP contribution in [0, 0.1) is 5.92 Å². The topological polar surface area (TPSA) is 110 Å². The zero-order valence-corrected chi connectivity index (χ0v) is 20.0. The molecule has 0 aliphatic carbocycles. The summed E-state index contributed by atoms with van der Waals surface area (Å²) in [7, 11) is -2.49. The van der Waals surface area contributed by atoms with Crippen molar-refractivity contribution in [1.82, 2.24) is 14.7 Å². The van der Waals surface area contributed by atoms with Crippen LogP contribution >= 0.6 is 0 Å². The third kappa shape index (κ3) is 4.85. The molecule has 1 atom stereocenters. The lowest BCUT2D eigenvalue weighted by Gasteiger charge is -2.21. The number of hydrogen-bond acceptors (Lipinski definition) is 7. The fourth-order valence-electron chi connectivity index (χ4n) is 3.75. The molecule has 1 heterocycles. The number of nitrogens with zero attached hydrogens (tertiary/aromatic N) is 2. The van der Waals surface area contributed by atoms with Gasteiger partial charge in [0.1, 0.15) is 17.7 Å². The van der Waals surface area contributed by atoms with Gasteiger partial charge in [-0.2, -0.15) is 0 Å². The van der Waals surface area contributed by atoms with Crippen LogP contribution in [0.5, 0.6) is 0 Å². The van der Waals surface area contributed by atoms with E-state index in [4.69, 9.17) is 4.74 Å². The van der Waals surface area contributed by atoms with E-state index < -0.39 is 22.0 Å². The molecule has 0 aliphatic heterocycles. The number of anilines is 1. The molecule has 1 aromatic heterocycles. The molecule has 0 amide bonds. The predicted octanol–water partition coefficient (Wildman–Crippen LogP) is 3.87. The first-order chi connectivity index (χ1) is 16.3. The molecule has 0 unspecified atom stereocenters. The van der Waals surface area contributed by atoms with E-state index in [1.807, 2.05) is 56.3 Å². The highest BCUT2D eigenvalue weighted by atomic mass is 32.2. The van der Waals surface area contributed by atoms with Crippen molar-refractivity contribution in [3.63, 3.8) is 0 Å². The Hall–Kier alpha value is -3.56. The van der Waals surface area contributed by atoms with Crippen LogP contribution in [-0.4, -0.2) is 37.5 Å². The van der Waals surface area contributed by atoms with Crippen molar-refractivity contribution >= 4 is 43.5 Å². The summed E-state index contributed by atoms with van der Waals surface area (Å²) in [4.78, 5) is 21.5. The van der Waals surface area contributed by atoms with Crippen LogP contribution in [0.1, 0.15) is 19.7 Å². The number of hydrogen-bond donors (Lipinski definition) is 2. The minimum atomic E-state index is -3.83. The molecule has 2 N–H and O–H groups in total. The van der Waals surface area contributed by atoms with E-state index in [0.717, 1.165) is 10.8 Å². The van der Waals surface area contributed by atoms with Gasteiger partial charge in [-0.15, -0.1) is 0 Å². The van der Waals surface area contributed by atoms with Gasteiger partial charge in [0, 0.05) is 10.8 Å². The van der Waals surface area contributed by atoms with E-state index in [9.17, 15) is 13.2 Å². The highest BCUT2D eigenvalue weighted by Gasteiger charge is 2.25. The molecule has 9 heteroatoms. The number of methoxy groups -OCH3 is 1. The molecular formula is C25H26N4O4S. The quantitative estimate of drug-likeness (QED) is 0.370. The number of esters is 1.